The lowest BCUT2D eigenvalue weighted by Crippen LogP contribution is -2.34. The highest BCUT2D eigenvalue weighted by atomic mass is 17.2. The molecule has 2 unspecified atom stereocenters. The monoisotopic (exact) mass is 426 g/mol. The first-order chi connectivity index (χ1) is 14.1. The molecule has 0 N–H and O–H groups in total. The van der Waals surface area contributed by atoms with Crippen molar-refractivity contribution in [3.63, 3.8) is 0 Å². The molecule has 10 heteroatoms. The van der Waals surface area contributed by atoms with E-state index >= 15 is 0 Å². The van der Waals surface area contributed by atoms with Crippen LogP contribution in [0.15, 0.2) is 49.6 Å². The maximum absolute atomic E-state index is 11.6. The van der Waals surface area contributed by atoms with Crippen molar-refractivity contribution in [1.29, 1.82) is 0 Å². The van der Waals surface area contributed by atoms with Crippen molar-refractivity contribution in [1.82, 2.24) is 0 Å². The fraction of sp³-hybridized carbons (Fsp3) is 0.400. The Hall–Kier alpha value is -3.24. The van der Waals surface area contributed by atoms with Crippen molar-refractivity contribution in [2.45, 2.75) is 26.1 Å². The van der Waals surface area contributed by atoms with Crippen LogP contribution in [-0.2, 0) is 47.9 Å². The highest BCUT2D eigenvalue weighted by molar-refractivity contribution is 5.87. The van der Waals surface area contributed by atoms with Crippen LogP contribution in [0.25, 0.3) is 0 Å². The van der Waals surface area contributed by atoms with Crippen LogP contribution in [0.2, 0.25) is 0 Å². The minimum Gasteiger partial charge on any atom is -0.460 e. The van der Waals surface area contributed by atoms with Crippen molar-refractivity contribution in [3.05, 3.63) is 49.6 Å². The van der Waals surface area contributed by atoms with E-state index in [0.717, 1.165) is 12.2 Å². The van der Waals surface area contributed by atoms with E-state index in [2.05, 4.69) is 26.3 Å². The zero-order valence-corrected chi connectivity index (χ0v) is 17.0. The van der Waals surface area contributed by atoms with E-state index in [9.17, 15) is 19.2 Å². The van der Waals surface area contributed by atoms with Crippen LogP contribution < -0.4 is 0 Å². The number of ether oxygens (including phenoxy) is 4. The topological polar surface area (TPSA) is 124 Å². The van der Waals surface area contributed by atoms with E-state index in [4.69, 9.17) is 28.7 Å². The quantitative estimate of drug-likeness (QED) is 0.125. The van der Waals surface area contributed by atoms with Gasteiger partial charge in [0.2, 0.25) is 0 Å². The second-order valence-corrected chi connectivity index (χ2v) is 5.86. The third-order valence-electron chi connectivity index (χ3n) is 2.98. The molecule has 0 radical (unpaired) electrons. The zero-order chi connectivity index (χ0) is 23.1. The van der Waals surface area contributed by atoms with Gasteiger partial charge in [-0.25, -0.2) is 29.0 Å². The molecule has 0 aliphatic heterocycles. The summed E-state index contributed by atoms with van der Waals surface area (Å²) in [7, 11) is 0. The lowest BCUT2D eigenvalue weighted by atomic mass is 10.3. The fourth-order valence-electron chi connectivity index (χ4n) is 1.42. The van der Waals surface area contributed by atoms with Crippen LogP contribution in [0.4, 0.5) is 0 Å². The molecule has 0 aliphatic carbocycles. The molecular weight excluding hydrogens is 400 g/mol. The predicted molar refractivity (Wildman–Crippen MR) is 104 cm³/mol. The van der Waals surface area contributed by atoms with Crippen molar-refractivity contribution < 1.29 is 47.9 Å². The summed E-state index contributed by atoms with van der Waals surface area (Å²) in [5.41, 5.74) is 0.303. The molecule has 10 nitrogen and oxygen atoms in total. The minimum atomic E-state index is -1.05. The SMILES string of the molecule is C=CC(=O)OCC(COC(=O)C(=C)C)OOC(COC(=O)C=C)COC(=O)C(=C)C. The fourth-order valence-corrected chi connectivity index (χ4v) is 1.42. The average molecular weight is 426 g/mol. The number of hydrogen-bond acceptors (Lipinski definition) is 10. The standard InChI is InChI=1S/C20H26O10/c1-7-17(21)25-9-15(11-27-19(23)13(3)4)29-30-16(10-26-18(22)8-2)12-28-20(24)14(5)6/h7-8,15-16H,1-3,5,9-12H2,4,6H3. The molecule has 0 amide bonds. The summed E-state index contributed by atoms with van der Waals surface area (Å²) in [6.45, 7) is 14.9. The van der Waals surface area contributed by atoms with Gasteiger partial charge in [-0.2, -0.15) is 0 Å². The van der Waals surface area contributed by atoms with E-state index < -0.39 is 36.1 Å². The Labute approximate surface area is 174 Å². The van der Waals surface area contributed by atoms with Gasteiger partial charge in [0.25, 0.3) is 0 Å². The van der Waals surface area contributed by atoms with Gasteiger partial charge in [-0.3, -0.25) is 0 Å². The summed E-state index contributed by atoms with van der Waals surface area (Å²) in [6, 6.07) is 0. The Morgan fingerprint density at radius 2 is 0.967 bits per heavy atom. The van der Waals surface area contributed by atoms with E-state index in [1.54, 1.807) is 0 Å². The molecule has 0 aromatic rings. The van der Waals surface area contributed by atoms with E-state index in [1.807, 2.05) is 0 Å². The summed E-state index contributed by atoms with van der Waals surface area (Å²) < 4.78 is 19.6. The second-order valence-electron chi connectivity index (χ2n) is 5.86. The average Bonchev–Trinajstić information content (AvgIpc) is 2.72. The van der Waals surface area contributed by atoms with Gasteiger partial charge in [0.15, 0.2) is 12.2 Å². The van der Waals surface area contributed by atoms with Crippen molar-refractivity contribution >= 4 is 23.9 Å². The first kappa shape index (κ1) is 26.8. The molecule has 0 fully saturated rings. The van der Waals surface area contributed by atoms with Gasteiger partial charge >= 0.3 is 23.9 Å². The first-order valence-corrected chi connectivity index (χ1v) is 8.66. The molecular formula is C20H26O10. The van der Waals surface area contributed by atoms with Gasteiger partial charge in [0.05, 0.1) is 0 Å². The normalized spacial score (nSPS) is 11.9. The zero-order valence-electron chi connectivity index (χ0n) is 17.0. The second kappa shape index (κ2) is 14.7. The maximum Gasteiger partial charge on any atom is 0.333 e. The minimum absolute atomic E-state index is 0.152. The third kappa shape index (κ3) is 12.3. The van der Waals surface area contributed by atoms with Gasteiger partial charge in [0.1, 0.15) is 26.4 Å². The number of esters is 4. The Morgan fingerprint density at radius 3 is 1.23 bits per heavy atom. The summed E-state index contributed by atoms with van der Waals surface area (Å²) in [4.78, 5) is 55.9. The highest BCUT2D eigenvalue weighted by Gasteiger charge is 2.22. The van der Waals surface area contributed by atoms with E-state index in [-0.39, 0.29) is 37.6 Å². The molecule has 2 atom stereocenters. The Bertz CT molecular complexity index is 621. The summed E-state index contributed by atoms with van der Waals surface area (Å²) in [5, 5.41) is 0. The van der Waals surface area contributed by atoms with Crippen molar-refractivity contribution in [3.8, 4) is 0 Å². The molecule has 0 aliphatic rings. The summed E-state index contributed by atoms with van der Waals surface area (Å²) in [5.74, 6) is -2.85. The molecule has 0 spiro atoms. The molecule has 0 saturated carbocycles. The van der Waals surface area contributed by atoms with Crippen molar-refractivity contribution in [2.24, 2.45) is 0 Å². The largest absolute Gasteiger partial charge is 0.460 e. The van der Waals surface area contributed by atoms with Crippen LogP contribution in [0.5, 0.6) is 0 Å². The van der Waals surface area contributed by atoms with E-state index in [0.29, 0.717) is 0 Å². The van der Waals surface area contributed by atoms with Gasteiger partial charge in [-0.1, -0.05) is 26.3 Å². The summed E-state index contributed by atoms with van der Waals surface area (Å²) >= 11 is 0. The van der Waals surface area contributed by atoms with Crippen LogP contribution in [0, 0.1) is 0 Å². The van der Waals surface area contributed by atoms with Crippen LogP contribution in [0.1, 0.15) is 13.8 Å². The summed E-state index contributed by atoms with van der Waals surface area (Å²) in [6.07, 6.45) is -0.225. The Morgan fingerprint density at radius 1 is 0.667 bits per heavy atom. The number of rotatable bonds is 15. The molecule has 0 aromatic carbocycles. The van der Waals surface area contributed by atoms with Crippen LogP contribution in [-0.4, -0.2) is 62.5 Å². The maximum atomic E-state index is 11.6. The molecule has 166 valence electrons. The molecule has 0 heterocycles. The predicted octanol–water partition coefficient (Wildman–Crippen LogP) is 1.37. The highest BCUT2D eigenvalue weighted by Crippen LogP contribution is 2.06. The molecule has 0 rings (SSSR count). The smallest absolute Gasteiger partial charge is 0.333 e. The number of hydrogen-bond donors (Lipinski definition) is 0. The van der Waals surface area contributed by atoms with Gasteiger partial charge in [-0.15, -0.1) is 0 Å². The van der Waals surface area contributed by atoms with Crippen LogP contribution in [0.3, 0.4) is 0 Å². The lowest BCUT2D eigenvalue weighted by molar-refractivity contribution is -0.365. The Kier molecular flexibility index (Phi) is 13.1. The van der Waals surface area contributed by atoms with Gasteiger partial charge < -0.3 is 18.9 Å². The van der Waals surface area contributed by atoms with Gasteiger partial charge in [0, 0.05) is 23.3 Å². The molecule has 30 heavy (non-hydrogen) atoms. The van der Waals surface area contributed by atoms with E-state index in [1.165, 1.54) is 13.8 Å². The number of carbonyl (C=O) groups excluding carboxylic acids is 4. The lowest BCUT2D eigenvalue weighted by Gasteiger charge is -2.21. The third-order valence-corrected chi connectivity index (χ3v) is 2.98. The molecule has 0 aromatic heterocycles. The van der Waals surface area contributed by atoms with Gasteiger partial charge in [-0.05, 0) is 13.8 Å². The number of carbonyl (C=O) groups is 4. The Balaban J connectivity index is 4.98. The van der Waals surface area contributed by atoms with Crippen molar-refractivity contribution in [2.75, 3.05) is 26.4 Å². The van der Waals surface area contributed by atoms with Crippen LogP contribution >= 0.6 is 0 Å². The molecule has 0 saturated heterocycles. The first-order valence-electron chi connectivity index (χ1n) is 8.66. The molecule has 0 bridgehead atoms.